The van der Waals surface area contributed by atoms with Crippen molar-refractivity contribution in [3.8, 4) is 0 Å². The van der Waals surface area contributed by atoms with Crippen molar-refractivity contribution >= 4 is 39.1 Å². The van der Waals surface area contributed by atoms with E-state index in [0.29, 0.717) is 10.7 Å². The molecule has 4 aromatic carbocycles. The molecule has 9 heteroatoms. The maximum Gasteiger partial charge on any atom is 0.264 e. The molecule has 0 saturated carbocycles. The highest BCUT2D eigenvalue weighted by Crippen LogP contribution is 2.26. The number of nitrogens with one attached hydrogen (secondary N) is 1. The number of para-hydroxylation sites is 1. The first-order valence-corrected chi connectivity index (χ1v) is 16.4. The predicted molar refractivity (Wildman–Crippen MR) is 176 cm³/mol. The van der Waals surface area contributed by atoms with Crippen molar-refractivity contribution in [2.45, 2.75) is 57.1 Å². The molecule has 0 spiro atoms. The van der Waals surface area contributed by atoms with Crippen LogP contribution in [-0.4, -0.2) is 43.8 Å². The first kappa shape index (κ1) is 32.8. The molecule has 0 fully saturated rings. The minimum absolute atomic E-state index is 0.000596. The fraction of sp³-hybridized carbons (Fsp3) is 0.257. The first-order valence-electron chi connectivity index (χ1n) is 14.6. The van der Waals surface area contributed by atoms with Gasteiger partial charge in [0.25, 0.3) is 10.0 Å². The number of benzene rings is 4. The number of rotatable bonds is 13. The maximum atomic E-state index is 14.5. The molecular weight excluding hydrogens is 594 g/mol. The predicted octanol–water partition coefficient (Wildman–Crippen LogP) is 6.40. The Hall–Kier alpha value is -4.14. The monoisotopic (exact) mass is 631 g/mol. The normalized spacial score (nSPS) is 12.6. The summed E-state index contributed by atoms with van der Waals surface area (Å²) in [4.78, 5) is 29.9. The molecule has 1 N–H and O–H groups in total. The van der Waals surface area contributed by atoms with E-state index in [4.69, 9.17) is 11.6 Å². The van der Waals surface area contributed by atoms with Crippen LogP contribution in [0.4, 0.5) is 5.69 Å². The van der Waals surface area contributed by atoms with Crippen molar-refractivity contribution in [3.63, 3.8) is 0 Å². The summed E-state index contributed by atoms with van der Waals surface area (Å²) in [6, 6.07) is 30.5. The molecule has 4 rings (SSSR count). The van der Waals surface area contributed by atoms with E-state index in [1.165, 1.54) is 29.2 Å². The van der Waals surface area contributed by atoms with Crippen LogP contribution in [0.15, 0.2) is 114 Å². The Kier molecular flexibility index (Phi) is 11.2. The number of nitrogens with zero attached hydrogens (tertiary/aromatic N) is 2. The summed E-state index contributed by atoms with van der Waals surface area (Å²) in [6.45, 7) is 5.46. The van der Waals surface area contributed by atoms with Crippen LogP contribution in [0.3, 0.4) is 0 Å². The molecule has 0 aliphatic rings. The summed E-state index contributed by atoms with van der Waals surface area (Å²) >= 11 is 6.04. The average Bonchev–Trinajstić information content (AvgIpc) is 3.03. The molecule has 7 nitrogen and oxygen atoms in total. The molecule has 0 aliphatic carbocycles. The van der Waals surface area contributed by atoms with E-state index in [1.54, 1.807) is 30.3 Å². The van der Waals surface area contributed by atoms with Gasteiger partial charge in [0.2, 0.25) is 11.8 Å². The lowest BCUT2D eigenvalue weighted by molar-refractivity contribution is -0.140. The summed E-state index contributed by atoms with van der Waals surface area (Å²) in [5, 5.41) is 3.45. The van der Waals surface area contributed by atoms with E-state index in [0.717, 1.165) is 27.4 Å². The molecule has 0 radical (unpaired) electrons. The number of carbonyl (C=O) groups is 2. The van der Waals surface area contributed by atoms with Gasteiger partial charge in [-0.05, 0) is 73.4 Å². The molecule has 230 valence electrons. The zero-order chi connectivity index (χ0) is 31.7. The van der Waals surface area contributed by atoms with Crippen molar-refractivity contribution in [2.75, 3.05) is 10.8 Å². The summed E-state index contributed by atoms with van der Waals surface area (Å²) in [7, 11) is -4.18. The zero-order valence-electron chi connectivity index (χ0n) is 25.2. The van der Waals surface area contributed by atoms with Gasteiger partial charge >= 0.3 is 0 Å². The van der Waals surface area contributed by atoms with Crippen LogP contribution in [0, 0.1) is 6.92 Å². The molecule has 0 unspecified atom stereocenters. The Balaban J connectivity index is 1.80. The fourth-order valence-corrected chi connectivity index (χ4v) is 6.36. The van der Waals surface area contributed by atoms with Gasteiger partial charge in [-0.3, -0.25) is 13.9 Å². The number of amides is 2. The molecule has 44 heavy (non-hydrogen) atoms. The topological polar surface area (TPSA) is 86.8 Å². The second-order valence-electron chi connectivity index (χ2n) is 10.8. The standard InChI is InChI=1S/C35H38ClN3O4S/c1-4-27(3)37-35(41)33(23-28-14-7-5-8-15-28)38(24-29-16-12-11-13-26(29)2)34(40)25-39(31-17-9-6-10-18-31)44(42,43)32-21-19-30(36)20-22-32/h5-22,27,33H,4,23-25H2,1-3H3,(H,37,41)/t27-,33-/m1/s1. The number of anilines is 1. The van der Waals surface area contributed by atoms with Gasteiger partial charge in [-0.25, -0.2) is 8.42 Å². The Morgan fingerprint density at radius 3 is 2.05 bits per heavy atom. The highest BCUT2D eigenvalue weighted by molar-refractivity contribution is 7.92. The summed E-state index contributed by atoms with van der Waals surface area (Å²) in [6.07, 6.45) is 0.979. The SMILES string of the molecule is CC[C@@H](C)NC(=O)[C@@H](Cc1ccccc1)N(Cc1ccccc1C)C(=O)CN(c1ccccc1)S(=O)(=O)c1ccc(Cl)cc1. The molecule has 0 bridgehead atoms. The first-order chi connectivity index (χ1) is 21.1. The van der Waals surface area contributed by atoms with Crippen LogP contribution >= 0.6 is 11.6 Å². The molecule has 4 aromatic rings. The van der Waals surface area contributed by atoms with Gasteiger partial charge < -0.3 is 10.2 Å². The Bertz CT molecular complexity index is 1650. The number of aryl methyl sites for hydroxylation is 1. The van der Waals surface area contributed by atoms with Crippen LogP contribution in [-0.2, 0) is 32.6 Å². The van der Waals surface area contributed by atoms with Crippen molar-refractivity contribution in [2.24, 2.45) is 0 Å². The second-order valence-corrected chi connectivity index (χ2v) is 13.1. The number of hydrogen-bond acceptors (Lipinski definition) is 4. The third-order valence-corrected chi connectivity index (χ3v) is 9.64. The lowest BCUT2D eigenvalue weighted by atomic mass is 10.0. The van der Waals surface area contributed by atoms with Gasteiger partial charge in [-0.15, -0.1) is 0 Å². The van der Waals surface area contributed by atoms with Gasteiger partial charge in [0.05, 0.1) is 10.6 Å². The van der Waals surface area contributed by atoms with Crippen LogP contribution < -0.4 is 9.62 Å². The lowest BCUT2D eigenvalue weighted by Gasteiger charge is -2.34. The number of carbonyl (C=O) groups excluding carboxylic acids is 2. The molecule has 0 aromatic heterocycles. The van der Waals surface area contributed by atoms with E-state index >= 15 is 0 Å². The summed E-state index contributed by atoms with van der Waals surface area (Å²) in [5.41, 5.74) is 3.03. The highest BCUT2D eigenvalue weighted by Gasteiger charge is 2.35. The Labute approximate surface area is 265 Å². The van der Waals surface area contributed by atoms with Gasteiger partial charge in [0, 0.05) is 24.0 Å². The smallest absolute Gasteiger partial charge is 0.264 e. The molecular formula is C35H38ClN3O4S. The van der Waals surface area contributed by atoms with E-state index < -0.39 is 28.5 Å². The minimum atomic E-state index is -4.18. The quantitative estimate of drug-likeness (QED) is 0.185. The molecule has 2 amide bonds. The van der Waals surface area contributed by atoms with Crippen LogP contribution in [0.1, 0.15) is 37.0 Å². The van der Waals surface area contributed by atoms with Crippen LogP contribution in [0.5, 0.6) is 0 Å². The molecule has 0 saturated heterocycles. The largest absolute Gasteiger partial charge is 0.352 e. The third kappa shape index (κ3) is 8.27. The third-order valence-electron chi connectivity index (χ3n) is 7.60. The highest BCUT2D eigenvalue weighted by atomic mass is 35.5. The van der Waals surface area contributed by atoms with Gasteiger partial charge in [-0.2, -0.15) is 0 Å². The van der Waals surface area contributed by atoms with Gasteiger partial charge in [-0.1, -0.05) is 91.3 Å². The van der Waals surface area contributed by atoms with Crippen molar-refractivity contribution in [1.29, 1.82) is 0 Å². The molecule has 0 heterocycles. The number of halogens is 1. The van der Waals surface area contributed by atoms with Crippen molar-refractivity contribution in [1.82, 2.24) is 10.2 Å². The molecule has 2 atom stereocenters. The van der Waals surface area contributed by atoms with E-state index in [9.17, 15) is 18.0 Å². The fourth-order valence-electron chi connectivity index (χ4n) is 4.82. The van der Waals surface area contributed by atoms with E-state index in [1.807, 2.05) is 75.4 Å². The van der Waals surface area contributed by atoms with E-state index in [2.05, 4.69) is 5.32 Å². The Morgan fingerprint density at radius 1 is 0.841 bits per heavy atom. The number of hydrogen-bond donors (Lipinski definition) is 1. The molecule has 0 aliphatic heterocycles. The van der Waals surface area contributed by atoms with Crippen LogP contribution in [0.2, 0.25) is 5.02 Å². The van der Waals surface area contributed by atoms with Crippen LogP contribution in [0.25, 0.3) is 0 Å². The number of sulfonamides is 1. The lowest BCUT2D eigenvalue weighted by Crippen LogP contribution is -2.54. The average molecular weight is 632 g/mol. The second kappa shape index (κ2) is 15.0. The van der Waals surface area contributed by atoms with Crippen molar-refractivity contribution in [3.05, 3.63) is 131 Å². The van der Waals surface area contributed by atoms with Crippen molar-refractivity contribution < 1.29 is 18.0 Å². The van der Waals surface area contributed by atoms with Gasteiger partial charge in [0.1, 0.15) is 12.6 Å². The summed E-state index contributed by atoms with van der Waals surface area (Å²) < 4.78 is 29.1. The van der Waals surface area contributed by atoms with Gasteiger partial charge in [0.15, 0.2) is 0 Å². The Morgan fingerprint density at radius 2 is 1.43 bits per heavy atom. The maximum absolute atomic E-state index is 14.5. The van der Waals surface area contributed by atoms with E-state index in [-0.39, 0.29) is 29.8 Å². The zero-order valence-corrected chi connectivity index (χ0v) is 26.8. The summed E-state index contributed by atoms with van der Waals surface area (Å²) in [5.74, 6) is -0.799. The minimum Gasteiger partial charge on any atom is -0.352 e.